The van der Waals surface area contributed by atoms with Gasteiger partial charge in [0.25, 0.3) is 0 Å². The van der Waals surface area contributed by atoms with Crippen LogP contribution in [0.5, 0.6) is 0 Å². The Labute approximate surface area is 132 Å². The summed E-state index contributed by atoms with van der Waals surface area (Å²) in [6.07, 6.45) is 2.63. The van der Waals surface area contributed by atoms with Crippen molar-refractivity contribution in [2.45, 2.75) is 58.6 Å². The molecule has 0 bridgehead atoms. The molecule has 0 aromatic heterocycles. The lowest BCUT2D eigenvalue weighted by Crippen LogP contribution is -2.47. The molecule has 22 heavy (non-hydrogen) atoms. The molecule has 2 N–H and O–H groups in total. The van der Waals surface area contributed by atoms with Crippen molar-refractivity contribution >= 4 is 12.0 Å². The minimum Gasteiger partial charge on any atom is -0.444 e. The maximum atomic E-state index is 12.1. The zero-order valence-electron chi connectivity index (χ0n) is 14.2. The van der Waals surface area contributed by atoms with Crippen molar-refractivity contribution in [1.29, 1.82) is 0 Å². The van der Waals surface area contributed by atoms with Crippen molar-refractivity contribution in [2.24, 2.45) is 11.1 Å². The number of hydrogen-bond acceptors (Lipinski definition) is 4. The predicted octanol–water partition coefficient (Wildman–Crippen LogP) is 1.58. The van der Waals surface area contributed by atoms with Gasteiger partial charge < -0.3 is 20.3 Å². The summed E-state index contributed by atoms with van der Waals surface area (Å²) in [6, 6.07) is -0.433. The maximum absolute atomic E-state index is 12.1. The second kappa shape index (κ2) is 6.07. The summed E-state index contributed by atoms with van der Waals surface area (Å²) in [7, 11) is 0. The molecule has 6 nitrogen and oxygen atoms in total. The highest BCUT2D eigenvalue weighted by Gasteiger charge is 2.43. The zero-order valence-corrected chi connectivity index (χ0v) is 14.2. The Hall–Kier alpha value is -1.30. The Morgan fingerprint density at radius 1 is 1.09 bits per heavy atom. The van der Waals surface area contributed by atoms with Crippen molar-refractivity contribution in [1.82, 2.24) is 9.80 Å². The van der Waals surface area contributed by atoms with Crippen LogP contribution in [0, 0.1) is 5.41 Å². The van der Waals surface area contributed by atoms with Crippen molar-refractivity contribution in [3.8, 4) is 0 Å². The van der Waals surface area contributed by atoms with Crippen molar-refractivity contribution < 1.29 is 14.3 Å². The van der Waals surface area contributed by atoms with Gasteiger partial charge in [-0.2, -0.15) is 0 Å². The van der Waals surface area contributed by atoms with E-state index in [1.54, 1.807) is 11.8 Å². The average molecular weight is 311 g/mol. The van der Waals surface area contributed by atoms with E-state index in [2.05, 4.69) is 0 Å². The van der Waals surface area contributed by atoms with Gasteiger partial charge in [-0.25, -0.2) is 4.79 Å². The van der Waals surface area contributed by atoms with E-state index in [0.29, 0.717) is 13.1 Å². The van der Waals surface area contributed by atoms with Gasteiger partial charge >= 0.3 is 6.09 Å². The SMILES string of the molecule is C[C@@H](N)C(=O)N1CCC2(CCN(C(=O)OC(C)(C)C)CC2)C1. The van der Waals surface area contributed by atoms with Crippen LogP contribution in [0.15, 0.2) is 0 Å². The molecule has 6 heteroatoms. The fourth-order valence-corrected chi connectivity index (χ4v) is 3.31. The number of likely N-dealkylation sites (tertiary alicyclic amines) is 2. The van der Waals surface area contributed by atoms with Crippen molar-refractivity contribution in [2.75, 3.05) is 26.2 Å². The van der Waals surface area contributed by atoms with E-state index in [-0.39, 0.29) is 17.4 Å². The molecule has 0 aromatic rings. The van der Waals surface area contributed by atoms with Gasteiger partial charge in [-0.3, -0.25) is 4.79 Å². The number of carbonyl (C=O) groups is 2. The number of ether oxygens (including phenoxy) is 1. The smallest absolute Gasteiger partial charge is 0.410 e. The Balaban J connectivity index is 1.87. The van der Waals surface area contributed by atoms with Crippen LogP contribution in [0.1, 0.15) is 47.0 Å². The number of amides is 2. The first-order chi connectivity index (χ1) is 10.1. The second-order valence-corrected chi connectivity index (χ2v) is 7.77. The number of piperidine rings is 1. The van der Waals surface area contributed by atoms with Crippen LogP contribution in [0.25, 0.3) is 0 Å². The standard InChI is InChI=1S/C16H29N3O3/c1-12(17)13(20)19-10-7-16(11-19)5-8-18(9-6-16)14(21)22-15(2,3)4/h12H,5-11,17H2,1-4H3/t12-/m1/s1. The topological polar surface area (TPSA) is 75.9 Å². The first-order valence-electron chi connectivity index (χ1n) is 8.14. The molecule has 2 aliphatic rings. The van der Waals surface area contributed by atoms with Crippen LogP contribution in [0.4, 0.5) is 4.79 Å². The Bertz CT molecular complexity index is 434. The number of nitrogens with two attached hydrogens (primary N) is 1. The van der Waals surface area contributed by atoms with Gasteiger partial charge in [0, 0.05) is 26.2 Å². The third kappa shape index (κ3) is 3.91. The summed E-state index contributed by atoms with van der Waals surface area (Å²) < 4.78 is 5.42. The number of rotatable bonds is 1. The van der Waals surface area contributed by atoms with E-state index in [1.807, 2.05) is 25.7 Å². The molecule has 2 amide bonds. The minimum atomic E-state index is -0.458. The van der Waals surface area contributed by atoms with Crippen molar-refractivity contribution in [3.05, 3.63) is 0 Å². The first-order valence-corrected chi connectivity index (χ1v) is 8.14. The van der Waals surface area contributed by atoms with Crippen LogP contribution in [0.2, 0.25) is 0 Å². The van der Waals surface area contributed by atoms with Gasteiger partial charge in [-0.1, -0.05) is 0 Å². The summed E-state index contributed by atoms with van der Waals surface area (Å²) in [4.78, 5) is 27.8. The number of carbonyl (C=O) groups excluding carboxylic acids is 2. The van der Waals surface area contributed by atoms with Crippen LogP contribution >= 0.6 is 0 Å². The number of hydrogen-bond donors (Lipinski definition) is 1. The highest BCUT2D eigenvalue weighted by Crippen LogP contribution is 2.40. The molecule has 2 aliphatic heterocycles. The third-order valence-electron chi connectivity index (χ3n) is 4.62. The monoisotopic (exact) mass is 311 g/mol. The molecular weight excluding hydrogens is 282 g/mol. The van der Waals surface area contributed by atoms with Gasteiger partial charge in [-0.05, 0) is 52.4 Å². The molecule has 0 aromatic carbocycles. The Morgan fingerprint density at radius 2 is 1.59 bits per heavy atom. The second-order valence-electron chi connectivity index (χ2n) is 7.77. The van der Waals surface area contributed by atoms with Crippen LogP contribution in [-0.4, -0.2) is 59.6 Å². The quantitative estimate of drug-likeness (QED) is 0.798. The molecule has 0 aliphatic carbocycles. The van der Waals surface area contributed by atoms with Crippen molar-refractivity contribution in [3.63, 3.8) is 0 Å². The Kier molecular flexibility index (Phi) is 4.70. The van der Waals surface area contributed by atoms with Gasteiger partial charge in [0.2, 0.25) is 5.91 Å². The molecule has 2 fully saturated rings. The normalized spacial score (nSPS) is 22.8. The lowest BCUT2D eigenvalue weighted by atomic mass is 9.78. The molecule has 2 heterocycles. The molecule has 1 atom stereocenters. The van der Waals surface area contributed by atoms with Crippen LogP contribution in [-0.2, 0) is 9.53 Å². The fraction of sp³-hybridized carbons (Fsp3) is 0.875. The molecule has 1 spiro atoms. The molecule has 2 saturated heterocycles. The molecule has 2 rings (SSSR count). The summed E-state index contributed by atoms with van der Waals surface area (Å²) >= 11 is 0. The maximum Gasteiger partial charge on any atom is 0.410 e. The predicted molar refractivity (Wildman–Crippen MR) is 84.3 cm³/mol. The highest BCUT2D eigenvalue weighted by molar-refractivity contribution is 5.81. The van der Waals surface area contributed by atoms with E-state index >= 15 is 0 Å². The lowest BCUT2D eigenvalue weighted by molar-refractivity contribution is -0.131. The van der Waals surface area contributed by atoms with Gasteiger partial charge in [0.05, 0.1) is 6.04 Å². The molecule has 0 radical (unpaired) electrons. The molecule has 0 unspecified atom stereocenters. The summed E-state index contributed by atoms with van der Waals surface area (Å²) in [5.74, 6) is 0.0337. The van der Waals surface area contributed by atoms with Gasteiger partial charge in [0.15, 0.2) is 0 Å². The highest BCUT2D eigenvalue weighted by atomic mass is 16.6. The summed E-state index contributed by atoms with van der Waals surface area (Å²) in [5, 5.41) is 0. The van der Waals surface area contributed by atoms with E-state index < -0.39 is 11.6 Å². The van der Waals surface area contributed by atoms with Gasteiger partial charge in [0.1, 0.15) is 5.60 Å². The lowest BCUT2D eigenvalue weighted by Gasteiger charge is -2.39. The summed E-state index contributed by atoms with van der Waals surface area (Å²) in [6.45, 7) is 10.3. The fourth-order valence-electron chi connectivity index (χ4n) is 3.31. The minimum absolute atomic E-state index is 0.0337. The van der Waals surface area contributed by atoms with E-state index in [9.17, 15) is 9.59 Å². The van der Waals surface area contributed by atoms with E-state index in [0.717, 1.165) is 32.4 Å². The van der Waals surface area contributed by atoms with E-state index in [4.69, 9.17) is 10.5 Å². The number of nitrogens with zero attached hydrogens (tertiary/aromatic N) is 2. The van der Waals surface area contributed by atoms with Gasteiger partial charge in [-0.15, -0.1) is 0 Å². The van der Waals surface area contributed by atoms with Crippen LogP contribution < -0.4 is 5.73 Å². The van der Waals surface area contributed by atoms with Crippen LogP contribution in [0.3, 0.4) is 0 Å². The first kappa shape index (κ1) is 17.1. The largest absolute Gasteiger partial charge is 0.444 e. The Morgan fingerprint density at radius 3 is 2.05 bits per heavy atom. The molecule has 126 valence electrons. The third-order valence-corrected chi connectivity index (χ3v) is 4.62. The molecule has 0 saturated carbocycles. The summed E-state index contributed by atoms with van der Waals surface area (Å²) in [5.41, 5.74) is 5.39. The zero-order chi connectivity index (χ0) is 16.5. The average Bonchev–Trinajstić information content (AvgIpc) is 2.80. The van der Waals surface area contributed by atoms with E-state index in [1.165, 1.54) is 0 Å². The molecular formula is C16H29N3O3.